The second-order valence-electron chi connectivity index (χ2n) is 4.08. The second-order valence-corrected chi connectivity index (χ2v) is 6.72. The predicted octanol–water partition coefficient (Wildman–Crippen LogP) is 1.67. The zero-order valence-electron chi connectivity index (χ0n) is 8.63. The first-order valence-corrected chi connectivity index (χ1v) is 7.18. The largest absolute Gasteiger partial charge is 0.303 e. The van der Waals surface area contributed by atoms with Crippen molar-refractivity contribution < 1.29 is 13.2 Å². The first-order chi connectivity index (χ1) is 7.45. The third kappa shape index (κ3) is 1.99. The Balaban J connectivity index is 2.30. The molecule has 0 radical (unpaired) electrons. The summed E-state index contributed by atoms with van der Waals surface area (Å²) in [5.74, 6) is -0.610. The standard InChI is InChI=1S/C11H11ClO3S/c1-16(14,15)11-9(6-13)10(11)7-2-4-8(12)5-3-7/h2-6,9-11H,1H3/t9-,10+,11+/m0/s1. The maximum Gasteiger partial charge on any atom is 0.151 e. The lowest BCUT2D eigenvalue weighted by molar-refractivity contribution is -0.108. The molecule has 1 aromatic carbocycles. The van der Waals surface area contributed by atoms with Crippen molar-refractivity contribution in [3.63, 3.8) is 0 Å². The van der Waals surface area contributed by atoms with Crippen molar-refractivity contribution in [2.45, 2.75) is 11.2 Å². The van der Waals surface area contributed by atoms with Gasteiger partial charge < -0.3 is 4.79 Å². The van der Waals surface area contributed by atoms with Gasteiger partial charge in [0.05, 0.1) is 5.25 Å². The minimum atomic E-state index is -3.16. The minimum Gasteiger partial charge on any atom is -0.303 e. The summed E-state index contributed by atoms with van der Waals surface area (Å²) in [7, 11) is -3.16. The quantitative estimate of drug-likeness (QED) is 0.775. The average Bonchev–Trinajstić information content (AvgIpc) is 2.92. The number of halogens is 1. The van der Waals surface area contributed by atoms with E-state index in [0.29, 0.717) is 5.02 Å². The molecule has 0 spiro atoms. The summed E-state index contributed by atoms with van der Waals surface area (Å²) in [5, 5.41) is 0.0362. The molecule has 3 atom stereocenters. The van der Waals surface area contributed by atoms with E-state index in [-0.39, 0.29) is 5.92 Å². The summed E-state index contributed by atoms with van der Waals surface area (Å²) >= 11 is 5.75. The first kappa shape index (κ1) is 11.6. The number of aldehydes is 1. The van der Waals surface area contributed by atoms with E-state index in [2.05, 4.69) is 0 Å². The monoisotopic (exact) mass is 258 g/mol. The minimum absolute atomic E-state index is 0.204. The van der Waals surface area contributed by atoms with E-state index in [1.807, 2.05) is 0 Å². The van der Waals surface area contributed by atoms with Crippen molar-refractivity contribution in [2.75, 3.05) is 6.26 Å². The molecular formula is C11H11ClO3S. The predicted molar refractivity (Wildman–Crippen MR) is 62.4 cm³/mol. The Morgan fingerprint density at radius 3 is 2.19 bits per heavy atom. The van der Waals surface area contributed by atoms with Crippen molar-refractivity contribution in [3.05, 3.63) is 34.9 Å². The van der Waals surface area contributed by atoms with E-state index in [4.69, 9.17) is 11.6 Å². The molecule has 5 heteroatoms. The number of rotatable bonds is 3. The van der Waals surface area contributed by atoms with Crippen LogP contribution in [0, 0.1) is 5.92 Å². The van der Waals surface area contributed by atoms with Gasteiger partial charge in [0.15, 0.2) is 9.84 Å². The Bertz CT molecular complexity index is 507. The topological polar surface area (TPSA) is 51.2 Å². The van der Waals surface area contributed by atoms with Gasteiger partial charge in [-0.1, -0.05) is 23.7 Å². The van der Waals surface area contributed by atoms with Gasteiger partial charge in [-0.3, -0.25) is 0 Å². The molecule has 0 unspecified atom stereocenters. The molecule has 2 rings (SSSR count). The number of hydrogen-bond donors (Lipinski definition) is 0. The molecule has 0 aromatic heterocycles. The fraction of sp³-hybridized carbons (Fsp3) is 0.364. The molecule has 0 saturated heterocycles. The maximum atomic E-state index is 11.4. The number of sulfone groups is 1. The molecule has 0 heterocycles. The number of benzene rings is 1. The van der Waals surface area contributed by atoms with E-state index >= 15 is 0 Å². The van der Waals surface area contributed by atoms with Crippen molar-refractivity contribution in [2.24, 2.45) is 5.92 Å². The van der Waals surface area contributed by atoms with Crippen LogP contribution in [0.2, 0.25) is 5.02 Å². The van der Waals surface area contributed by atoms with Gasteiger partial charge in [-0.05, 0) is 17.7 Å². The molecule has 3 nitrogen and oxygen atoms in total. The summed E-state index contributed by atoms with van der Waals surface area (Å²) in [4.78, 5) is 10.8. The smallest absolute Gasteiger partial charge is 0.151 e. The molecule has 0 bridgehead atoms. The van der Waals surface area contributed by atoms with Crippen LogP contribution in [0.15, 0.2) is 24.3 Å². The summed E-state index contributed by atoms with van der Waals surface area (Å²) in [6.45, 7) is 0. The molecular weight excluding hydrogens is 248 g/mol. The lowest BCUT2D eigenvalue weighted by Gasteiger charge is -1.98. The summed E-state index contributed by atoms with van der Waals surface area (Å²) in [5.41, 5.74) is 0.858. The Kier molecular flexibility index (Phi) is 2.80. The highest BCUT2D eigenvalue weighted by atomic mass is 35.5. The highest BCUT2D eigenvalue weighted by molar-refractivity contribution is 7.91. The van der Waals surface area contributed by atoms with Crippen LogP contribution < -0.4 is 0 Å². The van der Waals surface area contributed by atoms with Gasteiger partial charge in [-0.25, -0.2) is 8.42 Å². The van der Waals surface area contributed by atoms with Gasteiger partial charge in [0.2, 0.25) is 0 Å². The van der Waals surface area contributed by atoms with E-state index in [9.17, 15) is 13.2 Å². The fourth-order valence-electron chi connectivity index (χ4n) is 2.12. The number of carbonyl (C=O) groups excluding carboxylic acids is 1. The van der Waals surface area contributed by atoms with Gasteiger partial charge in [-0.15, -0.1) is 0 Å². The van der Waals surface area contributed by atoms with Crippen molar-refractivity contribution in [1.29, 1.82) is 0 Å². The molecule has 1 fully saturated rings. The van der Waals surface area contributed by atoms with Gasteiger partial charge in [0.1, 0.15) is 6.29 Å². The van der Waals surface area contributed by atoms with Gasteiger partial charge in [0, 0.05) is 23.1 Å². The number of carbonyl (C=O) groups is 1. The van der Waals surface area contributed by atoms with Crippen LogP contribution in [0.3, 0.4) is 0 Å². The fourth-order valence-corrected chi connectivity index (χ4v) is 3.83. The van der Waals surface area contributed by atoms with E-state index < -0.39 is 21.0 Å². The third-order valence-electron chi connectivity index (χ3n) is 2.91. The van der Waals surface area contributed by atoms with Gasteiger partial charge >= 0.3 is 0 Å². The van der Waals surface area contributed by atoms with E-state index in [1.165, 1.54) is 6.26 Å². The van der Waals surface area contributed by atoms with Crippen LogP contribution in [0.1, 0.15) is 11.5 Å². The Labute approximate surface area is 99.3 Å². The van der Waals surface area contributed by atoms with Gasteiger partial charge in [-0.2, -0.15) is 0 Å². The van der Waals surface area contributed by atoms with Crippen molar-refractivity contribution >= 4 is 27.7 Å². The van der Waals surface area contributed by atoms with Crippen LogP contribution in [0.4, 0.5) is 0 Å². The first-order valence-electron chi connectivity index (χ1n) is 4.85. The normalized spacial score (nSPS) is 28.8. The summed E-state index contributed by atoms with van der Waals surface area (Å²) in [6, 6.07) is 6.95. The molecule has 0 amide bonds. The van der Waals surface area contributed by atoms with Crippen molar-refractivity contribution in [1.82, 2.24) is 0 Å². The third-order valence-corrected chi connectivity index (χ3v) is 4.76. The SMILES string of the molecule is CS(=O)(=O)[C@@H]1[C@@H](C=O)[C@H]1c1ccc(Cl)cc1. The van der Waals surface area contributed by atoms with E-state index in [0.717, 1.165) is 11.8 Å². The molecule has 1 aromatic rings. The average molecular weight is 259 g/mol. The lowest BCUT2D eigenvalue weighted by atomic mass is 10.1. The molecule has 16 heavy (non-hydrogen) atoms. The molecule has 1 aliphatic rings. The maximum absolute atomic E-state index is 11.4. The Morgan fingerprint density at radius 2 is 1.81 bits per heavy atom. The molecule has 1 saturated carbocycles. The van der Waals surface area contributed by atoms with Crippen molar-refractivity contribution in [3.8, 4) is 0 Å². The zero-order chi connectivity index (χ0) is 11.9. The highest BCUT2D eigenvalue weighted by Crippen LogP contribution is 2.50. The molecule has 0 N–H and O–H groups in total. The van der Waals surface area contributed by atoms with Crippen LogP contribution >= 0.6 is 11.6 Å². The summed E-state index contributed by atoms with van der Waals surface area (Å²) < 4.78 is 22.9. The van der Waals surface area contributed by atoms with E-state index in [1.54, 1.807) is 24.3 Å². The number of hydrogen-bond acceptors (Lipinski definition) is 3. The molecule has 86 valence electrons. The molecule has 0 aliphatic heterocycles. The second kappa shape index (κ2) is 3.86. The van der Waals surface area contributed by atoms with Crippen LogP contribution in [-0.2, 0) is 14.6 Å². The summed E-state index contributed by atoms with van der Waals surface area (Å²) in [6.07, 6.45) is 1.90. The Hall–Kier alpha value is -0.870. The lowest BCUT2D eigenvalue weighted by Crippen LogP contribution is -2.07. The van der Waals surface area contributed by atoms with Crippen LogP contribution in [-0.4, -0.2) is 26.2 Å². The zero-order valence-corrected chi connectivity index (χ0v) is 10.2. The van der Waals surface area contributed by atoms with Crippen LogP contribution in [0.5, 0.6) is 0 Å². The van der Waals surface area contributed by atoms with Gasteiger partial charge in [0.25, 0.3) is 0 Å². The van der Waals surface area contributed by atoms with Crippen LogP contribution in [0.25, 0.3) is 0 Å². The molecule has 1 aliphatic carbocycles. The Morgan fingerprint density at radius 1 is 1.25 bits per heavy atom. The highest BCUT2D eigenvalue weighted by Gasteiger charge is 2.57.